The molecule has 2 N–H and O–H groups in total. The molecule has 0 saturated heterocycles. The van der Waals surface area contributed by atoms with Gasteiger partial charge in [0.2, 0.25) is 11.9 Å². The Morgan fingerprint density at radius 3 is 2.45 bits per heavy atom. The molecule has 0 unspecified atom stereocenters. The van der Waals surface area contributed by atoms with Crippen LogP contribution in [0.5, 0.6) is 5.75 Å². The van der Waals surface area contributed by atoms with E-state index in [2.05, 4.69) is 45.8 Å². The third-order valence-corrected chi connectivity index (χ3v) is 9.11. The highest BCUT2D eigenvalue weighted by molar-refractivity contribution is 7.87. The third kappa shape index (κ3) is 6.85. The Morgan fingerprint density at radius 2 is 1.80 bits per heavy atom. The summed E-state index contributed by atoms with van der Waals surface area (Å²) in [6.07, 6.45) is 4.38. The Labute approximate surface area is 259 Å². The van der Waals surface area contributed by atoms with Crippen LogP contribution in [0.4, 0.5) is 23.0 Å². The van der Waals surface area contributed by atoms with Crippen molar-refractivity contribution >= 4 is 50.0 Å². The summed E-state index contributed by atoms with van der Waals surface area (Å²) in [5, 5.41) is 6.85. The van der Waals surface area contributed by atoms with Crippen LogP contribution in [-0.4, -0.2) is 91.9 Å². The number of nitrogens with zero attached hydrogens (tertiary/aromatic N) is 6. The van der Waals surface area contributed by atoms with Gasteiger partial charge in [0, 0.05) is 63.6 Å². The first-order valence-electron chi connectivity index (χ1n) is 14.3. The van der Waals surface area contributed by atoms with Gasteiger partial charge in [0.05, 0.1) is 35.4 Å². The van der Waals surface area contributed by atoms with E-state index < -0.39 is 10.2 Å². The van der Waals surface area contributed by atoms with Crippen molar-refractivity contribution in [3.05, 3.63) is 67.5 Å². The van der Waals surface area contributed by atoms with Crippen molar-refractivity contribution in [2.45, 2.75) is 13.8 Å². The quantitative estimate of drug-likeness (QED) is 0.197. The minimum Gasteiger partial charge on any atom is -0.494 e. The fourth-order valence-corrected chi connectivity index (χ4v) is 5.80. The molecule has 0 spiro atoms. The smallest absolute Gasteiger partial charge is 0.307 e. The Balaban J connectivity index is 1.73. The molecule has 2 aromatic heterocycles. The zero-order chi connectivity index (χ0) is 32.0. The maximum absolute atomic E-state index is 13.1. The molecule has 2 aromatic carbocycles. The number of para-hydroxylation sites is 1. The van der Waals surface area contributed by atoms with Gasteiger partial charge in [0.1, 0.15) is 5.75 Å². The van der Waals surface area contributed by atoms with E-state index >= 15 is 0 Å². The predicted octanol–water partition coefficient (Wildman–Crippen LogP) is 4.41. The average molecular weight is 621 g/mol. The zero-order valence-electron chi connectivity index (χ0n) is 26.0. The van der Waals surface area contributed by atoms with E-state index in [1.165, 1.54) is 24.1 Å². The summed E-state index contributed by atoms with van der Waals surface area (Å²) in [7, 11) is 2.74. The van der Waals surface area contributed by atoms with Gasteiger partial charge >= 0.3 is 10.2 Å². The third-order valence-electron chi connectivity index (χ3n) is 7.38. The summed E-state index contributed by atoms with van der Waals surface area (Å²) in [6.45, 7) is 11.3. The molecule has 0 aliphatic heterocycles. The zero-order valence-corrected chi connectivity index (χ0v) is 26.9. The van der Waals surface area contributed by atoms with Crippen molar-refractivity contribution in [2.75, 3.05) is 70.0 Å². The summed E-state index contributed by atoms with van der Waals surface area (Å²) in [5.41, 5.74) is 3.57. The molecule has 44 heavy (non-hydrogen) atoms. The number of hydrogen-bond acceptors (Lipinski definition) is 9. The molecule has 12 nitrogen and oxygen atoms in total. The van der Waals surface area contributed by atoms with Gasteiger partial charge in [-0.1, -0.05) is 38.6 Å². The van der Waals surface area contributed by atoms with Crippen LogP contribution in [-0.2, 0) is 15.0 Å². The van der Waals surface area contributed by atoms with Crippen LogP contribution in [0.15, 0.2) is 67.5 Å². The summed E-state index contributed by atoms with van der Waals surface area (Å²) in [4.78, 5) is 25.9. The van der Waals surface area contributed by atoms with Crippen molar-refractivity contribution in [3.63, 3.8) is 0 Å². The Morgan fingerprint density at radius 1 is 1.07 bits per heavy atom. The molecule has 2 heterocycles. The Kier molecular flexibility index (Phi) is 10.2. The molecule has 234 valence electrons. The molecule has 0 saturated carbocycles. The molecule has 1 amide bonds. The van der Waals surface area contributed by atoms with E-state index in [1.54, 1.807) is 43.8 Å². The Bertz CT molecular complexity index is 1750. The number of carbonyl (C=O) groups excluding carboxylic acids is 1. The number of carbonyl (C=O) groups is 1. The molecule has 0 aliphatic rings. The number of nitrogens with one attached hydrogen (secondary N) is 2. The van der Waals surface area contributed by atoms with Crippen LogP contribution in [0.3, 0.4) is 0 Å². The first-order valence-corrected chi connectivity index (χ1v) is 15.7. The van der Waals surface area contributed by atoms with Gasteiger partial charge in [-0.25, -0.2) is 13.9 Å². The molecule has 0 atom stereocenters. The number of benzene rings is 2. The number of hydrogen-bond donors (Lipinski definition) is 2. The van der Waals surface area contributed by atoms with E-state index in [4.69, 9.17) is 9.72 Å². The van der Waals surface area contributed by atoms with Gasteiger partial charge < -0.3 is 25.2 Å². The molecular formula is C31H40N8O4S. The molecule has 0 fully saturated rings. The Hall–Kier alpha value is -4.46. The van der Waals surface area contributed by atoms with Crippen LogP contribution >= 0.6 is 0 Å². The number of aromatic nitrogens is 3. The van der Waals surface area contributed by atoms with Crippen molar-refractivity contribution in [2.24, 2.45) is 0 Å². The topological polar surface area (TPSA) is 125 Å². The fourth-order valence-electron chi connectivity index (χ4n) is 4.80. The molecule has 0 aliphatic carbocycles. The van der Waals surface area contributed by atoms with Crippen molar-refractivity contribution < 1.29 is 17.9 Å². The maximum Gasteiger partial charge on any atom is 0.307 e. The molecular weight excluding hydrogens is 580 g/mol. The number of likely N-dealkylation sites (N-methyl/N-ethyl adjacent to an activating group) is 2. The fraction of sp³-hybridized carbons (Fsp3) is 0.323. The molecule has 0 bridgehead atoms. The lowest BCUT2D eigenvalue weighted by atomic mass is 10.1. The van der Waals surface area contributed by atoms with Crippen LogP contribution in [0.2, 0.25) is 0 Å². The number of amides is 1. The minimum atomic E-state index is -3.77. The standard InChI is InChI=1S/C31H40N8O4S/c1-8-30(40)33-25-19-26(29(43-7)20-28(25)37(6)17-18-38(9-2)10-3)35-31-32-16-15-24(34-31)23-21-39(44(41,42)36(4)5)27-14-12-11-13-22(23)27/h8,11-16,19-21H,1,9-10,17-18H2,2-7H3,(H,33,40)(H,32,34,35). The highest BCUT2D eigenvalue weighted by Crippen LogP contribution is 2.38. The van der Waals surface area contributed by atoms with E-state index in [0.717, 1.165) is 41.6 Å². The van der Waals surface area contributed by atoms with Crippen molar-refractivity contribution in [1.29, 1.82) is 0 Å². The monoisotopic (exact) mass is 620 g/mol. The lowest BCUT2D eigenvalue weighted by Gasteiger charge is -2.27. The largest absolute Gasteiger partial charge is 0.494 e. The number of methoxy groups -OCH3 is 1. The molecule has 4 rings (SSSR count). The van der Waals surface area contributed by atoms with Crippen molar-refractivity contribution in [1.82, 2.24) is 23.1 Å². The number of anilines is 4. The summed E-state index contributed by atoms with van der Waals surface area (Å²) in [6, 6.07) is 12.6. The molecule has 4 aromatic rings. The lowest BCUT2D eigenvalue weighted by molar-refractivity contribution is -0.111. The number of ether oxygens (including phenoxy) is 1. The minimum absolute atomic E-state index is 0.261. The van der Waals surface area contributed by atoms with E-state index in [9.17, 15) is 13.2 Å². The summed E-state index contributed by atoms with van der Waals surface area (Å²) >= 11 is 0. The highest BCUT2D eigenvalue weighted by Gasteiger charge is 2.22. The van der Waals surface area contributed by atoms with Crippen molar-refractivity contribution in [3.8, 4) is 17.0 Å². The second kappa shape index (κ2) is 13.9. The van der Waals surface area contributed by atoms with E-state index in [0.29, 0.717) is 33.9 Å². The summed E-state index contributed by atoms with van der Waals surface area (Å²) < 4.78 is 34.3. The van der Waals surface area contributed by atoms with Gasteiger partial charge in [-0.05, 0) is 37.4 Å². The molecule has 13 heteroatoms. The normalized spacial score (nSPS) is 11.6. The van der Waals surface area contributed by atoms with Crippen LogP contribution < -0.4 is 20.3 Å². The maximum atomic E-state index is 13.1. The summed E-state index contributed by atoms with van der Waals surface area (Å²) in [5.74, 6) is 0.438. The first-order chi connectivity index (χ1) is 21.0. The number of fused-ring (bicyclic) bond motifs is 1. The van der Waals surface area contributed by atoms with Gasteiger partial charge in [0.15, 0.2) is 0 Å². The molecule has 0 radical (unpaired) electrons. The predicted molar refractivity (Wildman–Crippen MR) is 177 cm³/mol. The second-order valence-electron chi connectivity index (χ2n) is 10.2. The first kappa shape index (κ1) is 32.5. The van der Waals surface area contributed by atoms with Crippen LogP contribution in [0, 0.1) is 0 Å². The van der Waals surface area contributed by atoms with Gasteiger partial charge in [0.25, 0.3) is 0 Å². The lowest BCUT2D eigenvalue weighted by Crippen LogP contribution is -2.33. The van der Waals surface area contributed by atoms with Crippen LogP contribution in [0.1, 0.15) is 13.8 Å². The van der Waals surface area contributed by atoms with Gasteiger partial charge in [-0.3, -0.25) is 4.79 Å². The number of rotatable bonds is 14. The SMILES string of the molecule is C=CC(=O)Nc1cc(Nc2nccc(-c3cn(S(=O)(=O)N(C)C)c4ccccc34)n2)c(OC)cc1N(C)CCN(CC)CC. The highest BCUT2D eigenvalue weighted by atomic mass is 32.2. The average Bonchev–Trinajstić information content (AvgIpc) is 3.42. The second-order valence-corrected chi connectivity index (χ2v) is 12.3. The van der Waals surface area contributed by atoms with Crippen LogP contribution in [0.25, 0.3) is 22.2 Å². The van der Waals surface area contributed by atoms with E-state index in [1.807, 2.05) is 25.2 Å². The van der Waals surface area contributed by atoms with Gasteiger partial charge in [-0.2, -0.15) is 12.7 Å². The van der Waals surface area contributed by atoms with E-state index in [-0.39, 0.29) is 11.9 Å². The van der Waals surface area contributed by atoms with Gasteiger partial charge in [-0.15, -0.1) is 0 Å².